The van der Waals surface area contributed by atoms with E-state index in [-0.39, 0.29) is 6.04 Å². The fourth-order valence-electron chi connectivity index (χ4n) is 1.84. The van der Waals surface area contributed by atoms with Crippen LogP contribution in [0.15, 0.2) is 36.7 Å². The van der Waals surface area contributed by atoms with Gasteiger partial charge < -0.3 is 10.5 Å². The summed E-state index contributed by atoms with van der Waals surface area (Å²) in [7, 11) is 0. The summed E-state index contributed by atoms with van der Waals surface area (Å²) in [5.74, 6) is 0.706. The Morgan fingerprint density at radius 2 is 2.10 bits per heavy atom. The first-order valence-electron chi connectivity index (χ1n) is 6.40. The van der Waals surface area contributed by atoms with Crippen molar-refractivity contribution in [3.63, 3.8) is 0 Å². The first kappa shape index (κ1) is 15.1. The summed E-state index contributed by atoms with van der Waals surface area (Å²) in [4.78, 5) is 4.16. The van der Waals surface area contributed by atoms with Crippen molar-refractivity contribution in [2.75, 3.05) is 6.61 Å². The van der Waals surface area contributed by atoms with Gasteiger partial charge in [-0.2, -0.15) is 0 Å². The van der Waals surface area contributed by atoms with Crippen LogP contribution in [0.1, 0.15) is 30.5 Å². The van der Waals surface area contributed by atoms with E-state index in [0.717, 1.165) is 17.5 Å². The number of nitrogens with zero attached hydrogens (tertiary/aromatic N) is 1. The van der Waals surface area contributed by atoms with Gasteiger partial charge in [-0.3, -0.25) is 4.98 Å². The third-order valence-corrected chi connectivity index (χ3v) is 3.72. The largest absolute Gasteiger partial charge is 0.492 e. The van der Waals surface area contributed by atoms with E-state index in [0.29, 0.717) is 22.4 Å². The van der Waals surface area contributed by atoms with Crippen molar-refractivity contribution in [1.29, 1.82) is 0 Å². The average Bonchev–Trinajstić information content (AvgIpc) is 2.47. The van der Waals surface area contributed by atoms with E-state index < -0.39 is 0 Å². The Morgan fingerprint density at radius 3 is 2.85 bits per heavy atom. The minimum Gasteiger partial charge on any atom is -0.492 e. The maximum absolute atomic E-state index is 6.24. The fourth-order valence-corrected chi connectivity index (χ4v) is 2.27. The molecule has 1 unspecified atom stereocenters. The maximum Gasteiger partial charge on any atom is 0.137 e. The van der Waals surface area contributed by atoms with Crippen LogP contribution < -0.4 is 10.5 Å². The zero-order valence-corrected chi connectivity index (χ0v) is 12.7. The lowest BCUT2D eigenvalue weighted by Gasteiger charge is -2.15. The lowest BCUT2D eigenvalue weighted by molar-refractivity contribution is 0.315. The topological polar surface area (TPSA) is 48.1 Å². The van der Waals surface area contributed by atoms with Crippen LogP contribution in [-0.4, -0.2) is 11.6 Å². The van der Waals surface area contributed by atoms with Gasteiger partial charge in [0, 0.05) is 6.20 Å². The second-order valence-corrected chi connectivity index (χ2v) is 5.21. The lowest BCUT2D eigenvalue weighted by atomic mass is 10.0. The number of rotatable bonds is 5. The Balaban J connectivity index is 2.28. The maximum atomic E-state index is 6.24. The molecule has 106 valence electrons. The van der Waals surface area contributed by atoms with Gasteiger partial charge in [-0.05, 0) is 29.7 Å². The summed E-state index contributed by atoms with van der Waals surface area (Å²) in [5.41, 5.74) is 7.85. The van der Waals surface area contributed by atoms with Gasteiger partial charge >= 0.3 is 0 Å². The minimum atomic E-state index is -0.390. The summed E-state index contributed by atoms with van der Waals surface area (Å²) in [6.45, 7) is 2.70. The van der Waals surface area contributed by atoms with Crippen LogP contribution in [0.25, 0.3) is 0 Å². The molecule has 1 aromatic carbocycles. The summed E-state index contributed by atoms with van der Waals surface area (Å²) in [6, 6.07) is 6.91. The second-order valence-electron chi connectivity index (χ2n) is 4.42. The van der Waals surface area contributed by atoms with Crippen LogP contribution >= 0.6 is 23.2 Å². The molecule has 0 aliphatic carbocycles. The van der Waals surface area contributed by atoms with Crippen molar-refractivity contribution >= 4 is 23.2 Å². The molecule has 0 radical (unpaired) electrons. The van der Waals surface area contributed by atoms with Gasteiger partial charge in [-0.15, -0.1) is 0 Å². The standard InChI is InChI=1S/C15H16Cl2N2O/c1-2-6-20-11-7-10(8-19-9-11)15(18)12-4-3-5-13(16)14(12)17/h3-5,7-9,15H,2,6,18H2,1H3. The molecule has 1 heterocycles. The van der Waals surface area contributed by atoms with Crippen molar-refractivity contribution in [1.82, 2.24) is 4.98 Å². The molecular weight excluding hydrogens is 295 g/mol. The van der Waals surface area contributed by atoms with Gasteiger partial charge in [-0.25, -0.2) is 0 Å². The molecule has 2 rings (SSSR count). The summed E-state index contributed by atoms with van der Waals surface area (Å²) >= 11 is 12.2. The molecule has 0 spiro atoms. The van der Waals surface area contributed by atoms with Crippen LogP contribution in [0.5, 0.6) is 5.75 Å². The van der Waals surface area contributed by atoms with Crippen LogP contribution in [-0.2, 0) is 0 Å². The van der Waals surface area contributed by atoms with E-state index in [1.165, 1.54) is 0 Å². The van der Waals surface area contributed by atoms with Crippen molar-refractivity contribution in [3.8, 4) is 5.75 Å². The van der Waals surface area contributed by atoms with Crippen LogP contribution in [0.4, 0.5) is 0 Å². The van der Waals surface area contributed by atoms with Crippen LogP contribution in [0.2, 0.25) is 10.0 Å². The number of ether oxygens (including phenoxy) is 1. The Kier molecular flexibility index (Phi) is 5.24. The summed E-state index contributed by atoms with van der Waals surface area (Å²) in [5, 5.41) is 0.965. The molecule has 0 bridgehead atoms. The molecule has 5 heteroatoms. The highest BCUT2D eigenvalue weighted by Gasteiger charge is 2.15. The van der Waals surface area contributed by atoms with E-state index in [1.807, 2.05) is 18.2 Å². The Labute approximate surface area is 128 Å². The SMILES string of the molecule is CCCOc1cncc(C(N)c2cccc(Cl)c2Cl)c1. The number of hydrogen-bond donors (Lipinski definition) is 1. The monoisotopic (exact) mass is 310 g/mol. The molecule has 20 heavy (non-hydrogen) atoms. The Hall–Kier alpha value is -1.29. The van der Waals surface area contributed by atoms with Gasteiger partial charge in [-0.1, -0.05) is 42.3 Å². The van der Waals surface area contributed by atoms with E-state index in [1.54, 1.807) is 18.5 Å². The molecule has 0 aliphatic heterocycles. The Morgan fingerprint density at radius 1 is 1.30 bits per heavy atom. The van der Waals surface area contributed by atoms with Gasteiger partial charge in [0.25, 0.3) is 0 Å². The number of benzene rings is 1. The average molecular weight is 311 g/mol. The summed E-state index contributed by atoms with van der Waals surface area (Å²) in [6.07, 6.45) is 4.32. The fraction of sp³-hybridized carbons (Fsp3) is 0.267. The van der Waals surface area contributed by atoms with Gasteiger partial charge in [0.05, 0.1) is 28.9 Å². The smallest absolute Gasteiger partial charge is 0.137 e. The van der Waals surface area contributed by atoms with Crippen molar-refractivity contribution in [3.05, 3.63) is 57.8 Å². The third kappa shape index (κ3) is 3.42. The predicted octanol–water partition coefficient (Wildman–Crippen LogP) is 4.23. The number of aromatic nitrogens is 1. The highest BCUT2D eigenvalue weighted by Crippen LogP contribution is 2.32. The number of hydrogen-bond acceptors (Lipinski definition) is 3. The van der Waals surface area contributed by atoms with E-state index in [9.17, 15) is 0 Å². The molecule has 0 amide bonds. The summed E-state index contributed by atoms with van der Waals surface area (Å²) < 4.78 is 5.56. The molecule has 2 N–H and O–H groups in total. The molecular formula is C15H16Cl2N2O. The van der Waals surface area contributed by atoms with Gasteiger partial charge in [0.1, 0.15) is 5.75 Å². The van der Waals surface area contributed by atoms with E-state index in [4.69, 9.17) is 33.7 Å². The van der Waals surface area contributed by atoms with Crippen LogP contribution in [0, 0.1) is 0 Å². The highest BCUT2D eigenvalue weighted by molar-refractivity contribution is 6.42. The minimum absolute atomic E-state index is 0.390. The third-order valence-electron chi connectivity index (χ3n) is 2.88. The molecule has 3 nitrogen and oxygen atoms in total. The molecule has 0 saturated heterocycles. The first-order valence-corrected chi connectivity index (χ1v) is 7.16. The Bertz CT molecular complexity index is 590. The number of nitrogens with two attached hydrogens (primary N) is 1. The quantitative estimate of drug-likeness (QED) is 0.899. The van der Waals surface area contributed by atoms with Crippen molar-refractivity contribution < 1.29 is 4.74 Å². The van der Waals surface area contributed by atoms with E-state index >= 15 is 0 Å². The zero-order valence-electron chi connectivity index (χ0n) is 11.1. The number of halogens is 2. The molecule has 1 atom stereocenters. The first-order chi connectivity index (χ1) is 9.63. The lowest BCUT2D eigenvalue weighted by Crippen LogP contribution is -2.13. The normalized spacial score (nSPS) is 12.2. The number of pyridine rings is 1. The zero-order chi connectivity index (χ0) is 14.5. The van der Waals surface area contributed by atoms with Crippen molar-refractivity contribution in [2.45, 2.75) is 19.4 Å². The van der Waals surface area contributed by atoms with Gasteiger partial charge in [0.2, 0.25) is 0 Å². The molecule has 0 saturated carbocycles. The molecule has 1 aromatic heterocycles. The molecule has 2 aromatic rings. The highest BCUT2D eigenvalue weighted by atomic mass is 35.5. The molecule has 0 fully saturated rings. The van der Waals surface area contributed by atoms with Gasteiger partial charge in [0.15, 0.2) is 0 Å². The predicted molar refractivity (Wildman–Crippen MR) is 82.5 cm³/mol. The van der Waals surface area contributed by atoms with Crippen LogP contribution in [0.3, 0.4) is 0 Å². The van der Waals surface area contributed by atoms with Crippen molar-refractivity contribution in [2.24, 2.45) is 5.73 Å². The molecule has 0 aliphatic rings. The second kappa shape index (κ2) is 6.93. The van der Waals surface area contributed by atoms with E-state index in [2.05, 4.69) is 11.9 Å².